The van der Waals surface area contributed by atoms with Crippen molar-refractivity contribution in [3.8, 4) is 0 Å². The van der Waals surface area contributed by atoms with Gasteiger partial charge in [-0.2, -0.15) is 11.8 Å². The quantitative estimate of drug-likeness (QED) is 0.760. The van der Waals surface area contributed by atoms with Gasteiger partial charge in [-0.05, 0) is 31.7 Å². The number of carbonyl (C=O) groups excluding carboxylic acids is 1. The second-order valence-corrected chi connectivity index (χ2v) is 9.18. The maximum Gasteiger partial charge on any atom is 0.259 e. The van der Waals surface area contributed by atoms with Crippen LogP contribution >= 0.6 is 23.1 Å². The summed E-state index contributed by atoms with van der Waals surface area (Å²) in [4.78, 5) is 36.6. The zero-order valence-electron chi connectivity index (χ0n) is 15.0. The molecule has 2 aliphatic rings. The molecule has 1 unspecified atom stereocenters. The van der Waals surface area contributed by atoms with E-state index in [9.17, 15) is 9.59 Å². The van der Waals surface area contributed by atoms with E-state index in [1.165, 1.54) is 10.4 Å². The van der Waals surface area contributed by atoms with Gasteiger partial charge < -0.3 is 15.2 Å². The summed E-state index contributed by atoms with van der Waals surface area (Å²) in [5, 5.41) is 4.11. The van der Waals surface area contributed by atoms with Crippen molar-refractivity contribution in [1.82, 2.24) is 20.2 Å². The Morgan fingerprint density at radius 3 is 3.15 bits per heavy atom. The van der Waals surface area contributed by atoms with Crippen LogP contribution in [-0.2, 0) is 23.4 Å². The maximum absolute atomic E-state index is 12.4. The molecule has 1 aliphatic heterocycles. The largest absolute Gasteiger partial charge is 0.337 e. The molecule has 0 aromatic carbocycles. The molecule has 3 heterocycles. The summed E-state index contributed by atoms with van der Waals surface area (Å²) in [5.74, 6) is 2.32. The van der Waals surface area contributed by atoms with Crippen molar-refractivity contribution >= 4 is 39.2 Å². The van der Waals surface area contributed by atoms with Crippen LogP contribution in [0.2, 0.25) is 0 Å². The van der Waals surface area contributed by atoms with Crippen LogP contribution in [0.5, 0.6) is 0 Å². The average molecular weight is 393 g/mol. The van der Waals surface area contributed by atoms with Crippen molar-refractivity contribution < 1.29 is 4.79 Å². The van der Waals surface area contributed by atoms with Gasteiger partial charge in [0.15, 0.2) is 0 Å². The zero-order chi connectivity index (χ0) is 18.1. The highest BCUT2D eigenvalue weighted by Gasteiger charge is 2.23. The van der Waals surface area contributed by atoms with Gasteiger partial charge in [0.25, 0.3) is 5.56 Å². The lowest BCUT2D eigenvalue weighted by Crippen LogP contribution is -2.52. The van der Waals surface area contributed by atoms with Crippen molar-refractivity contribution in [1.29, 1.82) is 0 Å². The molecule has 6 nitrogen and oxygen atoms in total. The number of aromatic nitrogens is 2. The third kappa shape index (κ3) is 3.54. The predicted molar refractivity (Wildman–Crippen MR) is 107 cm³/mol. The second kappa shape index (κ2) is 7.70. The van der Waals surface area contributed by atoms with Crippen molar-refractivity contribution in [3.63, 3.8) is 0 Å². The van der Waals surface area contributed by atoms with E-state index >= 15 is 0 Å². The zero-order valence-corrected chi connectivity index (χ0v) is 16.6. The molecule has 0 spiro atoms. The molecule has 4 rings (SSSR count). The lowest BCUT2D eigenvalue weighted by Gasteiger charge is -2.34. The number of aromatic amines is 1. The van der Waals surface area contributed by atoms with Crippen molar-refractivity contribution in [2.75, 3.05) is 25.4 Å². The molecule has 1 saturated heterocycles. The third-order valence-corrected chi connectivity index (χ3v) is 7.30. The first-order valence-electron chi connectivity index (χ1n) is 9.25. The van der Waals surface area contributed by atoms with Gasteiger partial charge in [-0.15, -0.1) is 11.3 Å². The molecule has 1 amide bonds. The Labute approximate surface area is 160 Å². The van der Waals surface area contributed by atoms with Crippen molar-refractivity contribution in [2.45, 2.75) is 44.4 Å². The van der Waals surface area contributed by atoms with Crippen LogP contribution in [0.3, 0.4) is 0 Å². The van der Waals surface area contributed by atoms with Crippen molar-refractivity contribution in [3.05, 3.63) is 26.6 Å². The van der Waals surface area contributed by atoms with E-state index in [-0.39, 0.29) is 17.5 Å². The predicted octanol–water partition coefficient (Wildman–Crippen LogP) is 1.92. The number of hydrogen-bond donors (Lipinski definition) is 2. The van der Waals surface area contributed by atoms with Crippen LogP contribution in [-0.4, -0.2) is 52.2 Å². The fourth-order valence-corrected chi connectivity index (χ4v) is 5.87. The first-order valence-corrected chi connectivity index (χ1v) is 11.2. The van der Waals surface area contributed by atoms with Gasteiger partial charge >= 0.3 is 0 Å². The highest BCUT2D eigenvalue weighted by molar-refractivity contribution is 7.98. The van der Waals surface area contributed by atoms with Crippen LogP contribution in [0.1, 0.15) is 36.0 Å². The molecule has 8 heteroatoms. The van der Waals surface area contributed by atoms with E-state index in [1.807, 2.05) is 4.90 Å². The molecule has 2 N–H and O–H groups in total. The first-order chi connectivity index (χ1) is 12.6. The Bertz CT molecular complexity index is 876. The van der Waals surface area contributed by atoms with Crippen LogP contribution in [0.15, 0.2) is 4.79 Å². The van der Waals surface area contributed by atoms with Gasteiger partial charge in [0.1, 0.15) is 10.7 Å². The Kier molecular flexibility index (Phi) is 5.33. The lowest BCUT2D eigenvalue weighted by atomic mass is 10.2. The van der Waals surface area contributed by atoms with Gasteiger partial charge in [-0.1, -0.05) is 0 Å². The number of nitrogens with zero attached hydrogens (tertiary/aromatic N) is 2. The van der Waals surface area contributed by atoms with E-state index in [0.717, 1.165) is 60.7 Å². The summed E-state index contributed by atoms with van der Waals surface area (Å²) >= 11 is 3.33. The number of aryl methyl sites for hydroxylation is 2. The molecule has 0 bridgehead atoms. The topological polar surface area (TPSA) is 78.1 Å². The minimum absolute atomic E-state index is 0.00396. The lowest BCUT2D eigenvalue weighted by molar-refractivity contribution is -0.133. The number of hydrogen-bond acceptors (Lipinski definition) is 6. The number of piperazine rings is 1. The molecule has 0 saturated carbocycles. The smallest absolute Gasteiger partial charge is 0.259 e. The van der Waals surface area contributed by atoms with Gasteiger partial charge in [-0.25, -0.2) is 4.98 Å². The Balaban J connectivity index is 1.34. The molecule has 26 heavy (non-hydrogen) atoms. The summed E-state index contributed by atoms with van der Waals surface area (Å²) in [5.41, 5.74) is 1.21. The monoisotopic (exact) mass is 392 g/mol. The summed E-state index contributed by atoms with van der Waals surface area (Å²) in [7, 11) is 0. The first kappa shape index (κ1) is 18.0. The Morgan fingerprint density at radius 2 is 2.31 bits per heavy atom. The molecule has 2 aromatic rings. The Hall–Kier alpha value is -1.38. The molecular weight excluding hydrogens is 368 g/mol. The van der Waals surface area contributed by atoms with Gasteiger partial charge in [0.2, 0.25) is 5.91 Å². The normalized spacial score (nSPS) is 19.9. The number of thioether (sulfide) groups is 1. The van der Waals surface area contributed by atoms with Crippen LogP contribution in [0.25, 0.3) is 10.2 Å². The number of carbonyl (C=O) groups is 1. The van der Waals surface area contributed by atoms with E-state index in [2.05, 4.69) is 22.2 Å². The molecule has 140 valence electrons. The second-order valence-electron chi connectivity index (χ2n) is 6.99. The average Bonchev–Trinajstić information content (AvgIpc) is 3.19. The summed E-state index contributed by atoms with van der Waals surface area (Å²) in [6, 6.07) is 0.266. The number of rotatable bonds is 5. The number of amides is 1. The molecule has 1 atom stereocenters. The molecular formula is C18H24N4O2S2. The molecule has 2 aromatic heterocycles. The fourth-order valence-electron chi connectivity index (χ4n) is 3.80. The fraction of sp³-hybridized carbons (Fsp3) is 0.611. The van der Waals surface area contributed by atoms with Gasteiger partial charge in [0.05, 0.1) is 11.1 Å². The van der Waals surface area contributed by atoms with Crippen LogP contribution in [0, 0.1) is 0 Å². The minimum atomic E-state index is -0.00396. The van der Waals surface area contributed by atoms with E-state index in [4.69, 9.17) is 0 Å². The number of H-pyrrole nitrogens is 1. The van der Waals surface area contributed by atoms with Gasteiger partial charge in [-0.3, -0.25) is 9.59 Å². The SMILES string of the molecule is CC1CNCCN1C(=O)CCSCc1nc2sc3c(c2c(=O)[nH]1)CCC3. The molecule has 1 fully saturated rings. The van der Waals surface area contributed by atoms with E-state index in [1.54, 1.807) is 23.1 Å². The highest BCUT2D eigenvalue weighted by Crippen LogP contribution is 2.34. The summed E-state index contributed by atoms with van der Waals surface area (Å²) in [6.07, 6.45) is 3.76. The Morgan fingerprint density at radius 1 is 1.42 bits per heavy atom. The van der Waals surface area contributed by atoms with Gasteiger partial charge in [0, 0.05) is 42.7 Å². The van der Waals surface area contributed by atoms with E-state index < -0.39 is 0 Å². The number of nitrogens with one attached hydrogen (secondary N) is 2. The standard InChI is InChI=1S/C18H24N4O2S2/c1-11-9-19-6-7-22(11)15(23)5-8-25-10-14-20-17(24)16-12-3-2-4-13(12)26-18(16)21-14/h11,19H,2-10H2,1H3,(H,20,21,24). The minimum Gasteiger partial charge on any atom is -0.337 e. The number of thiophene rings is 1. The molecule has 0 radical (unpaired) electrons. The van der Waals surface area contributed by atoms with E-state index in [0.29, 0.717) is 12.2 Å². The number of fused-ring (bicyclic) bond motifs is 3. The molecule has 1 aliphatic carbocycles. The summed E-state index contributed by atoms with van der Waals surface area (Å²) in [6.45, 7) is 4.62. The van der Waals surface area contributed by atoms with Crippen molar-refractivity contribution in [2.24, 2.45) is 0 Å². The maximum atomic E-state index is 12.4. The van der Waals surface area contributed by atoms with Crippen LogP contribution in [0.4, 0.5) is 0 Å². The van der Waals surface area contributed by atoms with Crippen LogP contribution < -0.4 is 10.9 Å². The summed E-state index contributed by atoms with van der Waals surface area (Å²) < 4.78 is 0. The highest BCUT2D eigenvalue weighted by atomic mass is 32.2. The third-order valence-electron chi connectivity index (χ3n) is 5.14.